The zero-order valence-electron chi connectivity index (χ0n) is 8.20. The first-order valence-corrected chi connectivity index (χ1v) is 3.86. The highest BCUT2D eigenvalue weighted by Crippen LogP contribution is 2.09. The molecule has 0 saturated carbocycles. The maximum Gasteiger partial charge on any atom is 0.338 e. The van der Waals surface area contributed by atoms with Gasteiger partial charge in [-0.2, -0.15) is 0 Å². The molecule has 5 nitrogen and oxygen atoms in total. The third kappa shape index (κ3) is 4.47. The standard InChI is InChI=1S/C8H14NO4/c1-6(9(12)5-10)7(11)13-8(2,3)4/h6,12H,1-4H3. The number of nitrogens with zero attached hydrogens (tertiary/aromatic N) is 1. The molecule has 0 aromatic heterocycles. The molecule has 75 valence electrons. The third-order valence-electron chi connectivity index (χ3n) is 1.21. The van der Waals surface area contributed by atoms with Gasteiger partial charge in [-0.3, -0.25) is 10.0 Å². The molecule has 1 N–H and O–H groups in total. The Morgan fingerprint density at radius 1 is 1.54 bits per heavy atom. The molecule has 0 aliphatic heterocycles. The number of hydrogen-bond acceptors (Lipinski definition) is 4. The van der Waals surface area contributed by atoms with Crippen molar-refractivity contribution in [1.82, 2.24) is 5.06 Å². The Bertz CT molecular complexity index is 197. The van der Waals surface area contributed by atoms with E-state index >= 15 is 0 Å². The Hall–Kier alpha value is -1.10. The summed E-state index contributed by atoms with van der Waals surface area (Å²) in [5.41, 5.74) is -0.630. The van der Waals surface area contributed by atoms with E-state index in [1.165, 1.54) is 13.3 Å². The number of hydrogen-bond donors (Lipinski definition) is 1. The summed E-state index contributed by atoms with van der Waals surface area (Å²) >= 11 is 0. The molecule has 0 saturated heterocycles. The summed E-state index contributed by atoms with van der Waals surface area (Å²) in [7, 11) is 0. The molecule has 0 aliphatic carbocycles. The lowest BCUT2D eigenvalue weighted by Gasteiger charge is -2.23. The number of carbonyl (C=O) groups excluding carboxylic acids is 2. The molecule has 5 heteroatoms. The van der Waals surface area contributed by atoms with Gasteiger partial charge in [0.2, 0.25) is 0 Å². The topological polar surface area (TPSA) is 66.8 Å². The molecule has 0 bridgehead atoms. The fraction of sp³-hybridized carbons (Fsp3) is 0.750. The largest absolute Gasteiger partial charge is 0.458 e. The first kappa shape index (κ1) is 11.9. The van der Waals surface area contributed by atoms with E-state index in [0.29, 0.717) is 0 Å². The van der Waals surface area contributed by atoms with Gasteiger partial charge in [0.25, 0.3) is 0 Å². The van der Waals surface area contributed by atoms with Crippen LogP contribution in [0.3, 0.4) is 0 Å². The van der Waals surface area contributed by atoms with E-state index in [0.717, 1.165) is 0 Å². The highest BCUT2D eigenvalue weighted by Gasteiger charge is 2.25. The minimum Gasteiger partial charge on any atom is -0.458 e. The van der Waals surface area contributed by atoms with Crippen LogP contribution in [-0.2, 0) is 14.3 Å². The smallest absolute Gasteiger partial charge is 0.338 e. The maximum absolute atomic E-state index is 11.2. The molecule has 0 fully saturated rings. The second kappa shape index (κ2) is 4.23. The Labute approximate surface area is 77.2 Å². The summed E-state index contributed by atoms with van der Waals surface area (Å²) in [4.78, 5) is 21.1. The van der Waals surface area contributed by atoms with Crippen LogP contribution in [0.1, 0.15) is 27.7 Å². The molecule has 0 rings (SSSR count). The minimum atomic E-state index is -1.03. The van der Waals surface area contributed by atoms with E-state index < -0.39 is 17.6 Å². The molecule has 0 aliphatic rings. The zero-order chi connectivity index (χ0) is 10.6. The lowest BCUT2D eigenvalue weighted by atomic mass is 10.2. The number of esters is 1. The molecule has 1 atom stereocenters. The fourth-order valence-electron chi connectivity index (χ4n) is 0.566. The Kier molecular flexibility index (Phi) is 3.87. The van der Waals surface area contributed by atoms with Gasteiger partial charge in [-0.1, -0.05) is 0 Å². The summed E-state index contributed by atoms with van der Waals surface area (Å²) in [6, 6.07) is -1.03. The van der Waals surface area contributed by atoms with Crippen LogP contribution in [0.25, 0.3) is 0 Å². The van der Waals surface area contributed by atoms with Crippen molar-refractivity contribution in [2.75, 3.05) is 0 Å². The van der Waals surface area contributed by atoms with Crippen molar-refractivity contribution < 1.29 is 19.5 Å². The first-order chi connectivity index (χ1) is 5.78. The van der Waals surface area contributed by atoms with Crippen LogP contribution >= 0.6 is 0 Å². The predicted molar refractivity (Wildman–Crippen MR) is 44.6 cm³/mol. The van der Waals surface area contributed by atoms with Crippen molar-refractivity contribution in [1.29, 1.82) is 0 Å². The third-order valence-corrected chi connectivity index (χ3v) is 1.21. The fourth-order valence-corrected chi connectivity index (χ4v) is 0.566. The highest BCUT2D eigenvalue weighted by atomic mass is 16.6. The summed E-state index contributed by atoms with van der Waals surface area (Å²) in [5.74, 6) is -0.668. The molecule has 0 aromatic carbocycles. The summed E-state index contributed by atoms with van der Waals surface area (Å²) in [6.07, 6.45) is 1.17. The van der Waals surface area contributed by atoms with Crippen molar-refractivity contribution in [3.05, 3.63) is 0 Å². The quantitative estimate of drug-likeness (QED) is 0.302. The number of amides is 1. The molecule has 1 amide bonds. The molecular formula is C8H14NO4. The number of rotatable bonds is 3. The average Bonchev–Trinajstić information content (AvgIpc) is 1.98. The van der Waals surface area contributed by atoms with Crippen molar-refractivity contribution in [2.24, 2.45) is 0 Å². The number of ether oxygens (including phenoxy) is 1. The SMILES string of the molecule is CC(C(=O)OC(C)(C)C)N(O)[C]=O. The highest BCUT2D eigenvalue weighted by molar-refractivity contribution is 5.77. The summed E-state index contributed by atoms with van der Waals surface area (Å²) in [5, 5.41) is 8.95. The van der Waals surface area contributed by atoms with Gasteiger partial charge in [0, 0.05) is 0 Å². The maximum atomic E-state index is 11.2. The van der Waals surface area contributed by atoms with E-state index in [2.05, 4.69) is 0 Å². The minimum absolute atomic E-state index is 0.147. The first-order valence-electron chi connectivity index (χ1n) is 3.86. The summed E-state index contributed by atoms with van der Waals surface area (Å²) in [6.45, 7) is 6.44. The van der Waals surface area contributed by atoms with Gasteiger partial charge >= 0.3 is 12.4 Å². The van der Waals surface area contributed by atoms with Crippen LogP contribution in [0.5, 0.6) is 0 Å². The predicted octanol–water partition coefficient (Wildman–Crippen LogP) is 0.475. The molecule has 0 spiro atoms. The Balaban J connectivity index is 4.19. The Morgan fingerprint density at radius 3 is 2.31 bits per heavy atom. The van der Waals surface area contributed by atoms with Gasteiger partial charge < -0.3 is 4.74 Å². The molecule has 1 unspecified atom stereocenters. The van der Waals surface area contributed by atoms with Crippen LogP contribution in [0, 0.1) is 0 Å². The molecule has 0 heterocycles. The van der Waals surface area contributed by atoms with Crippen LogP contribution in [0.15, 0.2) is 0 Å². The number of hydroxylamine groups is 2. The average molecular weight is 188 g/mol. The van der Waals surface area contributed by atoms with Crippen molar-refractivity contribution >= 4 is 12.4 Å². The molecule has 1 radical (unpaired) electrons. The zero-order valence-corrected chi connectivity index (χ0v) is 8.20. The van der Waals surface area contributed by atoms with Gasteiger partial charge in [-0.15, -0.1) is 0 Å². The van der Waals surface area contributed by atoms with Crippen molar-refractivity contribution in [3.8, 4) is 0 Å². The van der Waals surface area contributed by atoms with Gasteiger partial charge in [0.05, 0.1) is 0 Å². The van der Waals surface area contributed by atoms with Gasteiger partial charge in [-0.05, 0) is 27.7 Å². The molecular weight excluding hydrogens is 174 g/mol. The second-order valence-electron chi connectivity index (χ2n) is 3.65. The van der Waals surface area contributed by atoms with Crippen LogP contribution in [-0.4, -0.2) is 34.3 Å². The van der Waals surface area contributed by atoms with E-state index in [1.54, 1.807) is 20.8 Å². The Morgan fingerprint density at radius 2 is 2.00 bits per heavy atom. The van der Waals surface area contributed by atoms with E-state index in [1.807, 2.05) is 0 Å². The van der Waals surface area contributed by atoms with Gasteiger partial charge in [0.1, 0.15) is 5.60 Å². The number of carbonyl (C=O) groups is 1. The summed E-state index contributed by atoms with van der Waals surface area (Å²) < 4.78 is 4.90. The van der Waals surface area contributed by atoms with Gasteiger partial charge in [-0.25, -0.2) is 9.86 Å². The van der Waals surface area contributed by atoms with E-state index in [4.69, 9.17) is 9.94 Å². The van der Waals surface area contributed by atoms with E-state index in [9.17, 15) is 9.59 Å². The van der Waals surface area contributed by atoms with Crippen molar-refractivity contribution in [3.63, 3.8) is 0 Å². The van der Waals surface area contributed by atoms with E-state index in [-0.39, 0.29) is 5.06 Å². The lowest BCUT2D eigenvalue weighted by molar-refractivity contribution is -0.169. The van der Waals surface area contributed by atoms with Gasteiger partial charge in [0.15, 0.2) is 6.04 Å². The van der Waals surface area contributed by atoms with Crippen LogP contribution < -0.4 is 0 Å². The molecule has 13 heavy (non-hydrogen) atoms. The monoisotopic (exact) mass is 188 g/mol. The van der Waals surface area contributed by atoms with Crippen LogP contribution in [0.4, 0.5) is 0 Å². The lowest BCUT2D eigenvalue weighted by Crippen LogP contribution is -2.40. The molecule has 0 aromatic rings. The van der Waals surface area contributed by atoms with Crippen molar-refractivity contribution in [2.45, 2.75) is 39.3 Å². The normalized spacial score (nSPS) is 13.3. The van der Waals surface area contributed by atoms with Crippen LogP contribution in [0.2, 0.25) is 0 Å². The second-order valence-corrected chi connectivity index (χ2v) is 3.65.